The SMILES string of the molecule is CCCc1ccc([C@H](NCC(=O)Nc2ccc(CC#N)cc2)C(C)C)cc1. The number of anilines is 1. The fourth-order valence-corrected chi connectivity index (χ4v) is 3.12. The summed E-state index contributed by atoms with van der Waals surface area (Å²) < 4.78 is 0. The third kappa shape index (κ3) is 6.54. The maximum Gasteiger partial charge on any atom is 0.238 e. The summed E-state index contributed by atoms with van der Waals surface area (Å²) in [5, 5.41) is 15.0. The topological polar surface area (TPSA) is 64.9 Å². The second-order valence-electron chi connectivity index (χ2n) is 7.17. The highest BCUT2D eigenvalue weighted by atomic mass is 16.1. The van der Waals surface area contributed by atoms with Crippen LogP contribution in [0, 0.1) is 17.2 Å². The van der Waals surface area contributed by atoms with Gasteiger partial charge >= 0.3 is 0 Å². The summed E-state index contributed by atoms with van der Waals surface area (Å²) in [6, 6.07) is 18.3. The summed E-state index contributed by atoms with van der Waals surface area (Å²) in [7, 11) is 0. The molecule has 2 aromatic rings. The fourth-order valence-electron chi connectivity index (χ4n) is 3.12. The largest absolute Gasteiger partial charge is 0.325 e. The highest BCUT2D eigenvalue weighted by molar-refractivity contribution is 5.92. The molecular weight excluding hydrogens is 334 g/mol. The van der Waals surface area contributed by atoms with Gasteiger partial charge in [0.15, 0.2) is 0 Å². The summed E-state index contributed by atoms with van der Waals surface area (Å²) in [5.41, 5.74) is 4.24. The molecule has 0 radical (unpaired) electrons. The number of carbonyl (C=O) groups is 1. The predicted molar refractivity (Wildman–Crippen MR) is 110 cm³/mol. The van der Waals surface area contributed by atoms with Crippen molar-refractivity contribution < 1.29 is 4.79 Å². The average Bonchev–Trinajstić information content (AvgIpc) is 2.65. The zero-order valence-corrected chi connectivity index (χ0v) is 16.5. The molecule has 0 aliphatic carbocycles. The van der Waals surface area contributed by atoms with Gasteiger partial charge in [0.25, 0.3) is 0 Å². The van der Waals surface area contributed by atoms with Crippen molar-refractivity contribution in [2.75, 3.05) is 11.9 Å². The number of amides is 1. The number of rotatable bonds is 9. The van der Waals surface area contributed by atoms with Crippen LogP contribution in [0.3, 0.4) is 0 Å². The molecule has 4 nitrogen and oxygen atoms in total. The van der Waals surface area contributed by atoms with E-state index in [9.17, 15) is 4.79 Å². The molecule has 0 aliphatic rings. The first-order valence-electron chi connectivity index (χ1n) is 9.61. The summed E-state index contributed by atoms with van der Waals surface area (Å²) in [5.74, 6) is 0.302. The van der Waals surface area contributed by atoms with E-state index in [1.165, 1.54) is 11.1 Å². The van der Waals surface area contributed by atoms with E-state index in [0.29, 0.717) is 12.3 Å². The average molecular weight is 364 g/mol. The second-order valence-corrected chi connectivity index (χ2v) is 7.17. The lowest BCUT2D eigenvalue weighted by molar-refractivity contribution is -0.115. The van der Waals surface area contributed by atoms with Gasteiger partial charge < -0.3 is 10.6 Å². The van der Waals surface area contributed by atoms with Crippen LogP contribution < -0.4 is 10.6 Å². The van der Waals surface area contributed by atoms with Crippen molar-refractivity contribution in [1.82, 2.24) is 5.32 Å². The van der Waals surface area contributed by atoms with Gasteiger partial charge in [-0.2, -0.15) is 5.26 Å². The molecule has 0 unspecified atom stereocenters. The molecule has 0 fully saturated rings. The first-order valence-corrected chi connectivity index (χ1v) is 9.61. The molecule has 142 valence electrons. The van der Waals surface area contributed by atoms with Gasteiger partial charge in [0, 0.05) is 11.7 Å². The third-order valence-corrected chi connectivity index (χ3v) is 4.55. The van der Waals surface area contributed by atoms with E-state index in [1.54, 1.807) is 0 Å². The molecule has 2 N–H and O–H groups in total. The van der Waals surface area contributed by atoms with Crippen molar-refractivity contribution in [2.24, 2.45) is 5.92 Å². The Hall–Kier alpha value is -2.64. The standard InChI is InChI=1S/C23H29N3O/c1-4-5-18-6-10-20(11-7-18)23(17(2)3)25-16-22(27)26-21-12-8-19(9-13-21)14-15-24/h6-13,17,23,25H,4-5,14,16H2,1-3H3,(H,26,27)/t23-/m1/s1. The van der Waals surface area contributed by atoms with E-state index in [1.807, 2.05) is 24.3 Å². The fraction of sp³-hybridized carbons (Fsp3) is 0.391. The molecule has 0 aromatic heterocycles. The Labute approximate surface area is 162 Å². The van der Waals surface area contributed by atoms with Gasteiger partial charge in [0.2, 0.25) is 5.91 Å². The van der Waals surface area contributed by atoms with Gasteiger partial charge in [-0.3, -0.25) is 4.79 Å². The number of hydrogen-bond donors (Lipinski definition) is 2. The van der Waals surface area contributed by atoms with Crippen LogP contribution in [-0.4, -0.2) is 12.5 Å². The van der Waals surface area contributed by atoms with Crippen molar-refractivity contribution >= 4 is 11.6 Å². The molecule has 0 aliphatic heterocycles. The van der Waals surface area contributed by atoms with Gasteiger partial charge in [-0.25, -0.2) is 0 Å². The number of carbonyl (C=O) groups excluding carboxylic acids is 1. The lowest BCUT2D eigenvalue weighted by Crippen LogP contribution is -2.33. The van der Waals surface area contributed by atoms with Gasteiger partial charge in [-0.1, -0.05) is 63.6 Å². The van der Waals surface area contributed by atoms with Crippen LogP contribution in [0.5, 0.6) is 0 Å². The van der Waals surface area contributed by atoms with Crippen LogP contribution in [0.4, 0.5) is 5.69 Å². The van der Waals surface area contributed by atoms with E-state index < -0.39 is 0 Å². The summed E-state index contributed by atoms with van der Waals surface area (Å²) in [6.07, 6.45) is 2.61. The number of nitrogens with zero attached hydrogens (tertiary/aromatic N) is 1. The predicted octanol–water partition coefficient (Wildman–Crippen LogP) is 4.63. The van der Waals surface area contributed by atoms with Gasteiger partial charge in [0.05, 0.1) is 19.0 Å². The van der Waals surface area contributed by atoms with Gasteiger partial charge in [0.1, 0.15) is 0 Å². The molecule has 0 bridgehead atoms. The lowest BCUT2D eigenvalue weighted by atomic mass is 9.94. The molecule has 2 aromatic carbocycles. The van der Waals surface area contributed by atoms with E-state index in [2.05, 4.69) is 61.7 Å². The Morgan fingerprint density at radius 1 is 1.04 bits per heavy atom. The van der Waals surface area contributed by atoms with Gasteiger partial charge in [-0.05, 0) is 41.2 Å². The molecule has 2 rings (SSSR count). The Morgan fingerprint density at radius 3 is 2.22 bits per heavy atom. The van der Waals surface area contributed by atoms with Crippen molar-refractivity contribution in [2.45, 2.75) is 46.1 Å². The summed E-state index contributed by atoms with van der Waals surface area (Å²) >= 11 is 0. The zero-order chi connectivity index (χ0) is 19.6. The van der Waals surface area contributed by atoms with Gasteiger partial charge in [-0.15, -0.1) is 0 Å². The second kappa shape index (κ2) is 10.5. The Kier molecular flexibility index (Phi) is 8.03. The van der Waals surface area contributed by atoms with Crippen molar-refractivity contribution in [3.05, 3.63) is 65.2 Å². The maximum absolute atomic E-state index is 12.3. The van der Waals surface area contributed by atoms with Crippen LogP contribution in [0.2, 0.25) is 0 Å². The van der Waals surface area contributed by atoms with Crippen LogP contribution in [-0.2, 0) is 17.6 Å². The quantitative estimate of drug-likeness (QED) is 0.682. The van der Waals surface area contributed by atoms with Crippen LogP contribution in [0.15, 0.2) is 48.5 Å². The molecule has 1 amide bonds. The number of hydrogen-bond acceptors (Lipinski definition) is 3. The summed E-state index contributed by atoms with van der Waals surface area (Å²) in [6.45, 7) is 6.74. The number of aryl methyl sites for hydroxylation is 1. The number of nitrogens with one attached hydrogen (secondary N) is 2. The van der Waals surface area contributed by atoms with Crippen molar-refractivity contribution in [1.29, 1.82) is 5.26 Å². The molecule has 0 saturated heterocycles. The normalized spacial score (nSPS) is 11.8. The van der Waals surface area contributed by atoms with Crippen molar-refractivity contribution in [3.8, 4) is 6.07 Å². The van der Waals surface area contributed by atoms with E-state index in [0.717, 1.165) is 24.1 Å². The Balaban J connectivity index is 1.92. The van der Waals surface area contributed by atoms with Crippen LogP contribution >= 0.6 is 0 Å². The molecule has 0 spiro atoms. The molecule has 4 heteroatoms. The van der Waals surface area contributed by atoms with E-state index >= 15 is 0 Å². The minimum atomic E-state index is -0.0729. The number of benzene rings is 2. The zero-order valence-electron chi connectivity index (χ0n) is 16.5. The van der Waals surface area contributed by atoms with Crippen LogP contribution in [0.25, 0.3) is 0 Å². The Bertz CT molecular complexity index is 758. The third-order valence-electron chi connectivity index (χ3n) is 4.55. The minimum Gasteiger partial charge on any atom is -0.325 e. The lowest BCUT2D eigenvalue weighted by Gasteiger charge is -2.23. The smallest absolute Gasteiger partial charge is 0.238 e. The van der Waals surface area contributed by atoms with Crippen molar-refractivity contribution in [3.63, 3.8) is 0 Å². The van der Waals surface area contributed by atoms with E-state index in [-0.39, 0.29) is 18.5 Å². The highest BCUT2D eigenvalue weighted by Crippen LogP contribution is 2.22. The summed E-state index contributed by atoms with van der Waals surface area (Å²) in [4.78, 5) is 12.3. The first-order chi connectivity index (χ1) is 13.0. The molecule has 0 saturated carbocycles. The number of nitriles is 1. The van der Waals surface area contributed by atoms with E-state index in [4.69, 9.17) is 5.26 Å². The molecule has 27 heavy (non-hydrogen) atoms. The highest BCUT2D eigenvalue weighted by Gasteiger charge is 2.16. The molecular formula is C23H29N3O. The first kappa shape index (κ1) is 20.7. The monoisotopic (exact) mass is 363 g/mol. The minimum absolute atomic E-state index is 0.0729. The molecule has 0 heterocycles. The van der Waals surface area contributed by atoms with Crippen LogP contribution in [0.1, 0.15) is 49.9 Å². The Morgan fingerprint density at radius 2 is 1.67 bits per heavy atom. The maximum atomic E-state index is 12.3. The molecule has 1 atom stereocenters.